The number of carbonyl (C=O) groups is 1. The van der Waals surface area contributed by atoms with E-state index >= 15 is 0 Å². The highest BCUT2D eigenvalue weighted by atomic mass is 16.5. The van der Waals surface area contributed by atoms with E-state index in [0.717, 1.165) is 19.4 Å². The average Bonchev–Trinajstić information content (AvgIpc) is 1.99. The Hall–Kier alpha value is -0.610. The van der Waals surface area contributed by atoms with E-state index in [1.807, 2.05) is 6.92 Å². The molecule has 1 saturated heterocycles. The minimum Gasteiger partial charge on any atom is -0.375 e. The van der Waals surface area contributed by atoms with Gasteiger partial charge in [0, 0.05) is 25.1 Å². The molecule has 0 aromatic carbocycles. The molecule has 2 unspecified atom stereocenters. The van der Waals surface area contributed by atoms with Gasteiger partial charge in [-0.2, -0.15) is 0 Å². The monoisotopic (exact) mass is 214 g/mol. The number of hydrogen-bond donors (Lipinski definition) is 2. The molecule has 1 amide bonds. The van der Waals surface area contributed by atoms with Gasteiger partial charge in [0.05, 0.1) is 5.60 Å². The van der Waals surface area contributed by atoms with Crippen LogP contribution in [0.5, 0.6) is 0 Å². The lowest BCUT2D eigenvalue weighted by Crippen LogP contribution is -2.46. The Morgan fingerprint density at radius 2 is 2.33 bits per heavy atom. The molecule has 88 valence electrons. The zero-order valence-corrected chi connectivity index (χ0v) is 9.88. The maximum atomic E-state index is 11.5. The molecular formula is C11H22N2O2. The summed E-state index contributed by atoms with van der Waals surface area (Å²) in [5, 5.41) is 3.01. The minimum absolute atomic E-state index is 0.0488. The summed E-state index contributed by atoms with van der Waals surface area (Å²) in [5.74, 6) is 0.0488. The summed E-state index contributed by atoms with van der Waals surface area (Å²) >= 11 is 0. The van der Waals surface area contributed by atoms with Gasteiger partial charge < -0.3 is 15.8 Å². The van der Waals surface area contributed by atoms with E-state index in [1.165, 1.54) is 0 Å². The van der Waals surface area contributed by atoms with Crippen molar-refractivity contribution in [3.05, 3.63) is 0 Å². The SMILES string of the molecule is CC(N)CC(=O)NC1CCOC(C)(C)C1. The molecule has 1 heterocycles. The Kier molecular flexibility index (Phi) is 4.11. The molecule has 0 bridgehead atoms. The van der Waals surface area contributed by atoms with Crippen LogP contribution in [-0.4, -0.2) is 30.2 Å². The Labute approximate surface area is 91.5 Å². The maximum absolute atomic E-state index is 11.5. The van der Waals surface area contributed by atoms with Crippen molar-refractivity contribution in [2.45, 2.75) is 57.7 Å². The van der Waals surface area contributed by atoms with Crippen LogP contribution in [0.15, 0.2) is 0 Å². The van der Waals surface area contributed by atoms with E-state index in [0.29, 0.717) is 6.42 Å². The largest absolute Gasteiger partial charge is 0.375 e. The second kappa shape index (κ2) is 4.94. The molecule has 1 rings (SSSR count). The van der Waals surface area contributed by atoms with Crippen LogP contribution >= 0.6 is 0 Å². The molecule has 3 N–H and O–H groups in total. The molecule has 4 nitrogen and oxygen atoms in total. The molecule has 1 fully saturated rings. The van der Waals surface area contributed by atoms with Gasteiger partial charge >= 0.3 is 0 Å². The summed E-state index contributed by atoms with van der Waals surface area (Å²) in [6.45, 7) is 6.66. The lowest BCUT2D eigenvalue weighted by Gasteiger charge is -2.35. The van der Waals surface area contributed by atoms with E-state index in [4.69, 9.17) is 10.5 Å². The third-order valence-corrected chi connectivity index (χ3v) is 2.57. The second-order valence-electron chi connectivity index (χ2n) is 5.05. The molecule has 0 saturated carbocycles. The molecule has 0 radical (unpaired) electrons. The van der Waals surface area contributed by atoms with Crippen molar-refractivity contribution in [2.24, 2.45) is 5.73 Å². The number of hydrogen-bond acceptors (Lipinski definition) is 3. The Balaban J connectivity index is 2.35. The topological polar surface area (TPSA) is 64.4 Å². The second-order valence-corrected chi connectivity index (χ2v) is 5.05. The van der Waals surface area contributed by atoms with E-state index in [-0.39, 0.29) is 23.6 Å². The molecule has 1 aliphatic heterocycles. The highest BCUT2D eigenvalue weighted by molar-refractivity contribution is 5.76. The van der Waals surface area contributed by atoms with Gasteiger partial charge in [-0.3, -0.25) is 4.79 Å². The van der Waals surface area contributed by atoms with Gasteiger partial charge in [0.25, 0.3) is 0 Å². The van der Waals surface area contributed by atoms with Crippen molar-refractivity contribution < 1.29 is 9.53 Å². The summed E-state index contributed by atoms with van der Waals surface area (Å²) < 4.78 is 5.58. The van der Waals surface area contributed by atoms with Crippen LogP contribution in [0.2, 0.25) is 0 Å². The zero-order chi connectivity index (χ0) is 11.5. The van der Waals surface area contributed by atoms with Gasteiger partial charge in [-0.15, -0.1) is 0 Å². The first kappa shape index (κ1) is 12.5. The molecule has 15 heavy (non-hydrogen) atoms. The van der Waals surface area contributed by atoms with Crippen molar-refractivity contribution in [1.29, 1.82) is 0 Å². The van der Waals surface area contributed by atoms with Crippen molar-refractivity contribution in [1.82, 2.24) is 5.32 Å². The van der Waals surface area contributed by atoms with Gasteiger partial charge in [-0.25, -0.2) is 0 Å². The fraction of sp³-hybridized carbons (Fsp3) is 0.909. The van der Waals surface area contributed by atoms with Crippen LogP contribution in [0.3, 0.4) is 0 Å². The number of nitrogens with two attached hydrogens (primary N) is 1. The normalized spacial score (nSPS) is 27.1. The Morgan fingerprint density at radius 3 is 2.87 bits per heavy atom. The van der Waals surface area contributed by atoms with Crippen molar-refractivity contribution in [2.75, 3.05) is 6.61 Å². The molecule has 0 aromatic heterocycles. The summed E-state index contributed by atoms with van der Waals surface area (Å²) in [7, 11) is 0. The smallest absolute Gasteiger partial charge is 0.221 e. The minimum atomic E-state index is -0.121. The highest BCUT2D eigenvalue weighted by Gasteiger charge is 2.29. The summed E-state index contributed by atoms with van der Waals surface area (Å²) in [6, 6.07) is 0.165. The number of rotatable bonds is 3. The third kappa shape index (κ3) is 4.62. The third-order valence-electron chi connectivity index (χ3n) is 2.57. The Morgan fingerprint density at radius 1 is 1.67 bits per heavy atom. The average molecular weight is 214 g/mol. The van der Waals surface area contributed by atoms with Gasteiger partial charge in [0.2, 0.25) is 5.91 Å². The lowest BCUT2D eigenvalue weighted by molar-refractivity contribution is -0.124. The van der Waals surface area contributed by atoms with Crippen molar-refractivity contribution >= 4 is 5.91 Å². The molecule has 0 aliphatic carbocycles. The fourth-order valence-corrected chi connectivity index (χ4v) is 1.93. The first-order valence-electron chi connectivity index (χ1n) is 5.58. The first-order valence-corrected chi connectivity index (χ1v) is 5.58. The first-order chi connectivity index (χ1) is 6.89. The van der Waals surface area contributed by atoms with Gasteiger partial charge in [0.15, 0.2) is 0 Å². The van der Waals surface area contributed by atoms with Crippen molar-refractivity contribution in [3.63, 3.8) is 0 Å². The summed E-state index contributed by atoms with van der Waals surface area (Å²) in [5.41, 5.74) is 5.45. The predicted octanol–water partition coefficient (Wildman–Crippen LogP) is 0.797. The predicted molar refractivity (Wildman–Crippen MR) is 59.5 cm³/mol. The Bertz CT molecular complexity index is 227. The quantitative estimate of drug-likeness (QED) is 0.730. The number of amides is 1. The molecule has 0 spiro atoms. The van der Waals surface area contributed by atoms with E-state index in [1.54, 1.807) is 0 Å². The summed E-state index contributed by atoms with van der Waals surface area (Å²) in [6.07, 6.45) is 2.17. The molecule has 4 heteroatoms. The maximum Gasteiger partial charge on any atom is 0.221 e. The van der Waals surface area contributed by atoms with Gasteiger partial charge in [-0.1, -0.05) is 0 Å². The van der Waals surface area contributed by atoms with Gasteiger partial charge in [0.1, 0.15) is 0 Å². The standard InChI is InChI=1S/C11H22N2O2/c1-8(12)6-10(14)13-9-4-5-15-11(2,3)7-9/h8-9H,4-7,12H2,1-3H3,(H,13,14). The number of nitrogens with one attached hydrogen (secondary N) is 1. The van der Waals surface area contributed by atoms with Crippen LogP contribution in [0, 0.1) is 0 Å². The fourth-order valence-electron chi connectivity index (χ4n) is 1.93. The van der Waals surface area contributed by atoms with Crippen molar-refractivity contribution in [3.8, 4) is 0 Å². The van der Waals surface area contributed by atoms with E-state index < -0.39 is 0 Å². The van der Waals surface area contributed by atoms with Crippen LogP contribution < -0.4 is 11.1 Å². The number of carbonyl (C=O) groups excluding carboxylic acids is 1. The number of ether oxygens (including phenoxy) is 1. The van der Waals surface area contributed by atoms with E-state index in [2.05, 4.69) is 19.2 Å². The van der Waals surface area contributed by atoms with Crippen LogP contribution in [0.4, 0.5) is 0 Å². The highest BCUT2D eigenvalue weighted by Crippen LogP contribution is 2.23. The molecule has 2 atom stereocenters. The molecule has 1 aliphatic rings. The molecular weight excluding hydrogens is 192 g/mol. The summed E-state index contributed by atoms with van der Waals surface area (Å²) in [4.78, 5) is 11.5. The molecule has 0 aromatic rings. The van der Waals surface area contributed by atoms with Crippen LogP contribution in [-0.2, 0) is 9.53 Å². The van der Waals surface area contributed by atoms with Crippen LogP contribution in [0.25, 0.3) is 0 Å². The van der Waals surface area contributed by atoms with Crippen LogP contribution in [0.1, 0.15) is 40.0 Å². The lowest BCUT2D eigenvalue weighted by atomic mass is 9.94. The zero-order valence-electron chi connectivity index (χ0n) is 9.88. The van der Waals surface area contributed by atoms with Gasteiger partial charge in [-0.05, 0) is 33.6 Å². The van der Waals surface area contributed by atoms with E-state index in [9.17, 15) is 4.79 Å².